The highest BCUT2D eigenvalue weighted by Gasteiger charge is 2.13. The lowest BCUT2D eigenvalue weighted by Crippen LogP contribution is -2.25. The van der Waals surface area contributed by atoms with E-state index in [1.54, 1.807) is 14.2 Å². The van der Waals surface area contributed by atoms with E-state index in [4.69, 9.17) is 9.47 Å². The van der Waals surface area contributed by atoms with E-state index in [9.17, 15) is 4.79 Å². The van der Waals surface area contributed by atoms with Gasteiger partial charge in [-0.3, -0.25) is 4.79 Å². The van der Waals surface area contributed by atoms with Crippen molar-refractivity contribution in [3.05, 3.63) is 53.6 Å². The summed E-state index contributed by atoms with van der Waals surface area (Å²) in [7, 11) is 3.24. The van der Waals surface area contributed by atoms with Crippen molar-refractivity contribution in [3.63, 3.8) is 0 Å². The zero-order valence-electron chi connectivity index (χ0n) is 15.5. The number of nitrogens with one attached hydrogen (secondary N) is 1. The van der Waals surface area contributed by atoms with Crippen molar-refractivity contribution < 1.29 is 14.3 Å². The van der Waals surface area contributed by atoms with E-state index in [1.807, 2.05) is 42.5 Å². The second-order valence-corrected chi connectivity index (χ2v) is 6.44. The van der Waals surface area contributed by atoms with Crippen LogP contribution < -0.4 is 19.7 Å². The van der Waals surface area contributed by atoms with Crippen LogP contribution in [-0.4, -0.2) is 39.8 Å². The summed E-state index contributed by atoms with van der Waals surface area (Å²) < 4.78 is 10.6. The van der Waals surface area contributed by atoms with Crippen molar-refractivity contribution in [3.8, 4) is 11.5 Å². The average molecular weight is 354 g/mol. The fourth-order valence-electron chi connectivity index (χ4n) is 3.26. The fraction of sp³-hybridized carbons (Fsp3) is 0.381. The van der Waals surface area contributed by atoms with Gasteiger partial charge in [-0.25, -0.2) is 0 Å². The molecule has 5 nitrogen and oxygen atoms in total. The maximum absolute atomic E-state index is 12.3. The summed E-state index contributed by atoms with van der Waals surface area (Å²) in [5.41, 5.74) is 2.98. The molecule has 138 valence electrons. The van der Waals surface area contributed by atoms with E-state index in [0.29, 0.717) is 23.6 Å². The third-order valence-corrected chi connectivity index (χ3v) is 4.75. The number of hydrogen-bond acceptors (Lipinski definition) is 4. The van der Waals surface area contributed by atoms with Crippen molar-refractivity contribution in [1.29, 1.82) is 0 Å². The van der Waals surface area contributed by atoms with Crippen LogP contribution >= 0.6 is 0 Å². The lowest BCUT2D eigenvalue weighted by Gasteiger charge is -2.17. The highest BCUT2D eigenvalue weighted by atomic mass is 16.5. The van der Waals surface area contributed by atoms with Gasteiger partial charge in [0.2, 0.25) is 0 Å². The average Bonchev–Trinajstić information content (AvgIpc) is 3.22. The van der Waals surface area contributed by atoms with E-state index >= 15 is 0 Å². The third-order valence-electron chi connectivity index (χ3n) is 4.75. The van der Waals surface area contributed by atoms with Crippen LogP contribution in [0, 0.1) is 0 Å². The van der Waals surface area contributed by atoms with Gasteiger partial charge in [0.05, 0.1) is 14.2 Å². The Balaban J connectivity index is 1.52. The van der Waals surface area contributed by atoms with Crippen LogP contribution in [0.1, 0.15) is 28.8 Å². The predicted molar refractivity (Wildman–Crippen MR) is 103 cm³/mol. The van der Waals surface area contributed by atoms with Crippen LogP contribution in [0.5, 0.6) is 11.5 Å². The van der Waals surface area contributed by atoms with Crippen molar-refractivity contribution in [2.45, 2.75) is 19.3 Å². The predicted octanol–water partition coefficient (Wildman–Crippen LogP) is 3.28. The van der Waals surface area contributed by atoms with Crippen LogP contribution in [0.2, 0.25) is 0 Å². The Hall–Kier alpha value is -2.69. The minimum atomic E-state index is -0.0431. The van der Waals surface area contributed by atoms with E-state index in [0.717, 1.165) is 25.1 Å². The first kappa shape index (κ1) is 18.1. The van der Waals surface area contributed by atoms with Gasteiger partial charge in [0.25, 0.3) is 5.91 Å². The van der Waals surface area contributed by atoms with Gasteiger partial charge in [-0.15, -0.1) is 0 Å². The van der Waals surface area contributed by atoms with Crippen LogP contribution in [0.15, 0.2) is 42.5 Å². The smallest absolute Gasteiger partial charge is 0.251 e. The first-order chi connectivity index (χ1) is 12.7. The normalized spacial score (nSPS) is 13.5. The number of anilines is 1. The number of amides is 1. The second kappa shape index (κ2) is 8.61. The van der Waals surface area contributed by atoms with Gasteiger partial charge >= 0.3 is 0 Å². The molecule has 26 heavy (non-hydrogen) atoms. The lowest BCUT2D eigenvalue weighted by atomic mass is 10.1. The molecule has 3 rings (SSSR count). The monoisotopic (exact) mass is 354 g/mol. The maximum atomic E-state index is 12.3. The van der Waals surface area contributed by atoms with E-state index < -0.39 is 0 Å². The molecular formula is C21H26N2O3. The lowest BCUT2D eigenvalue weighted by molar-refractivity contribution is 0.0954. The Morgan fingerprint density at radius 3 is 2.35 bits per heavy atom. The molecule has 0 aliphatic carbocycles. The molecule has 2 aromatic rings. The van der Waals surface area contributed by atoms with Crippen LogP contribution in [-0.2, 0) is 6.42 Å². The van der Waals surface area contributed by atoms with Gasteiger partial charge in [0.1, 0.15) is 0 Å². The SMILES string of the molecule is COc1ccc(CCNC(=O)c2ccc(N3CCCC3)cc2)cc1OC. The Bertz CT molecular complexity index is 737. The first-order valence-corrected chi connectivity index (χ1v) is 9.05. The van der Waals surface area contributed by atoms with Gasteiger partial charge in [-0.1, -0.05) is 6.07 Å². The van der Waals surface area contributed by atoms with Gasteiger partial charge in [0, 0.05) is 30.9 Å². The maximum Gasteiger partial charge on any atom is 0.251 e. The molecule has 2 aromatic carbocycles. The zero-order valence-corrected chi connectivity index (χ0v) is 15.5. The Labute approximate surface area is 154 Å². The van der Waals surface area contributed by atoms with Crippen molar-refractivity contribution in [2.75, 3.05) is 38.8 Å². The highest BCUT2D eigenvalue weighted by molar-refractivity contribution is 5.94. The molecule has 1 N–H and O–H groups in total. The van der Waals surface area contributed by atoms with Crippen LogP contribution in [0.3, 0.4) is 0 Å². The number of hydrogen-bond donors (Lipinski definition) is 1. The quantitative estimate of drug-likeness (QED) is 0.829. The second-order valence-electron chi connectivity index (χ2n) is 6.44. The molecule has 0 bridgehead atoms. The van der Waals surface area contributed by atoms with E-state index in [2.05, 4.69) is 10.2 Å². The minimum absolute atomic E-state index is 0.0431. The number of benzene rings is 2. The number of carbonyl (C=O) groups excluding carboxylic acids is 1. The number of carbonyl (C=O) groups is 1. The highest BCUT2D eigenvalue weighted by Crippen LogP contribution is 2.27. The van der Waals surface area contributed by atoms with Crippen LogP contribution in [0.4, 0.5) is 5.69 Å². The standard InChI is InChI=1S/C21H26N2O3/c1-25-19-10-5-16(15-20(19)26-2)11-12-22-21(24)17-6-8-18(9-7-17)23-13-3-4-14-23/h5-10,15H,3-4,11-14H2,1-2H3,(H,22,24). The van der Waals surface area contributed by atoms with E-state index in [-0.39, 0.29) is 5.91 Å². The van der Waals surface area contributed by atoms with Gasteiger partial charge in [0.15, 0.2) is 11.5 Å². The molecule has 0 unspecified atom stereocenters. The molecular weight excluding hydrogens is 328 g/mol. The molecule has 1 aliphatic rings. The Morgan fingerprint density at radius 1 is 1.00 bits per heavy atom. The van der Waals surface area contributed by atoms with Crippen molar-refractivity contribution >= 4 is 11.6 Å². The van der Waals surface area contributed by atoms with Crippen molar-refractivity contribution in [2.24, 2.45) is 0 Å². The topological polar surface area (TPSA) is 50.8 Å². The summed E-state index contributed by atoms with van der Waals surface area (Å²) in [5, 5.41) is 2.98. The molecule has 0 spiro atoms. The summed E-state index contributed by atoms with van der Waals surface area (Å²) in [6.45, 7) is 2.79. The Kier molecular flexibility index (Phi) is 6.00. The van der Waals surface area contributed by atoms with Gasteiger partial charge in [-0.05, 0) is 61.2 Å². The summed E-state index contributed by atoms with van der Waals surface area (Å²) in [5.74, 6) is 1.37. The number of nitrogens with zero attached hydrogens (tertiary/aromatic N) is 1. The zero-order chi connectivity index (χ0) is 18.4. The number of methoxy groups -OCH3 is 2. The molecule has 0 atom stereocenters. The molecule has 5 heteroatoms. The molecule has 0 radical (unpaired) electrons. The molecule has 0 aromatic heterocycles. The largest absolute Gasteiger partial charge is 0.493 e. The van der Waals surface area contributed by atoms with Crippen LogP contribution in [0.25, 0.3) is 0 Å². The number of rotatable bonds is 7. The molecule has 1 saturated heterocycles. The summed E-state index contributed by atoms with van der Waals surface area (Å²) in [6.07, 6.45) is 3.23. The molecule has 0 saturated carbocycles. The van der Waals surface area contributed by atoms with Gasteiger partial charge < -0.3 is 19.7 Å². The molecule has 1 aliphatic heterocycles. The number of ether oxygens (including phenoxy) is 2. The first-order valence-electron chi connectivity index (χ1n) is 9.05. The van der Waals surface area contributed by atoms with Gasteiger partial charge in [-0.2, -0.15) is 0 Å². The minimum Gasteiger partial charge on any atom is -0.493 e. The Morgan fingerprint density at radius 2 is 1.69 bits per heavy atom. The molecule has 1 fully saturated rings. The van der Waals surface area contributed by atoms with E-state index in [1.165, 1.54) is 18.5 Å². The summed E-state index contributed by atoms with van der Waals surface area (Å²) in [6, 6.07) is 13.7. The molecule has 1 heterocycles. The fourth-order valence-corrected chi connectivity index (χ4v) is 3.26. The summed E-state index contributed by atoms with van der Waals surface area (Å²) in [4.78, 5) is 14.7. The summed E-state index contributed by atoms with van der Waals surface area (Å²) >= 11 is 0. The third kappa shape index (κ3) is 4.28. The molecule has 1 amide bonds. The van der Waals surface area contributed by atoms with Crippen molar-refractivity contribution in [1.82, 2.24) is 5.32 Å².